The monoisotopic (exact) mass is 620 g/mol. The maximum Gasteiger partial charge on any atom is 0.343 e. The van der Waals surface area contributed by atoms with Gasteiger partial charge in [-0.05, 0) is 73.2 Å². The quantitative estimate of drug-likeness (QED) is 0.0455. The van der Waals surface area contributed by atoms with Gasteiger partial charge in [-0.3, -0.25) is 0 Å². The molecule has 0 heterocycles. The Morgan fingerprint density at radius 1 is 0.600 bits per heavy atom. The molecule has 3 rings (SSSR count). The first kappa shape index (κ1) is 34.0. The molecule has 0 N–H and O–H groups in total. The van der Waals surface area contributed by atoms with Crippen LogP contribution in [0.25, 0.3) is 0 Å². The predicted octanol–water partition coefficient (Wildman–Crippen LogP) is 5.29. The molecule has 0 aliphatic rings. The van der Waals surface area contributed by atoms with Crippen molar-refractivity contribution in [3.63, 3.8) is 0 Å². The molecule has 45 heavy (non-hydrogen) atoms. The van der Waals surface area contributed by atoms with Crippen LogP contribution in [-0.4, -0.2) is 50.3 Å². The van der Waals surface area contributed by atoms with Gasteiger partial charge in [-0.1, -0.05) is 19.2 Å². The van der Waals surface area contributed by atoms with E-state index in [9.17, 15) is 19.2 Å². The molecule has 0 aliphatic heterocycles. The van der Waals surface area contributed by atoms with Crippen molar-refractivity contribution in [2.24, 2.45) is 0 Å². The molecule has 0 aromatic heterocycles. The minimum Gasteiger partial charge on any atom is -0.462 e. The molecule has 0 bridgehead atoms. The molecule has 0 saturated heterocycles. The van der Waals surface area contributed by atoms with Crippen LogP contribution in [0, 0.1) is 6.92 Å². The third-order valence-electron chi connectivity index (χ3n) is 5.56. The van der Waals surface area contributed by atoms with Crippen LogP contribution in [-0.2, 0) is 28.8 Å². The minimum absolute atomic E-state index is 0.0480. The van der Waals surface area contributed by atoms with Crippen LogP contribution < -0.4 is 19.2 Å². The summed E-state index contributed by atoms with van der Waals surface area (Å²) in [6, 6.07) is 16.8. The summed E-state index contributed by atoms with van der Waals surface area (Å²) < 4.78 is 20.7. The highest BCUT2D eigenvalue weighted by molar-refractivity contribution is 5.93. The Balaban J connectivity index is 1.49. The van der Waals surface area contributed by atoms with Gasteiger partial charge in [-0.25, -0.2) is 19.2 Å². The lowest BCUT2D eigenvalue weighted by Crippen LogP contribution is -2.13. The summed E-state index contributed by atoms with van der Waals surface area (Å²) in [7, 11) is 0. The van der Waals surface area contributed by atoms with Gasteiger partial charge >= 0.3 is 23.9 Å². The fourth-order valence-electron chi connectivity index (χ4n) is 3.31. The first-order chi connectivity index (χ1) is 21.8. The van der Waals surface area contributed by atoms with Crippen LogP contribution in [0.1, 0.15) is 39.1 Å². The summed E-state index contributed by atoms with van der Waals surface area (Å²) >= 11 is 0. The van der Waals surface area contributed by atoms with E-state index in [1.807, 2.05) is 0 Å². The van der Waals surface area contributed by atoms with E-state index >= 15 is 0 Å². The summed E-state index contributed by atoms with van der Waals surface area (Å²) in [6.45, 7) is 9.08. The number of esters is 4. The lowest BCUT2D eigenvalue weighted by molar-refractivity contribution is -0.208. The molecule has 3 aromatic carbocycles. The lowest BCUT2D eigenvalue weighted by Gasteiger charge is -2.12. The van der Waals surface area contributed by atoms with Crippen LogP contribution in [0.15, 0.2) is 92.0 Å². The van der Waals surface area contributed by atoms with E-state index in [1.165, 1.54) is 54.6 Å². The number of aryl methyl sites for hydroxylation is 1. The highest BCUT2D eigenvalue weighted by Gasteiger charge is 2.17. The molecule has 0 unspecified atom stereocenters. The first-order valence-corrected chi connectivity index (χ1v) is 13.7. The zero-order valence-electron chi connectivity index (χ0n) is 24.6. The van der Waals surface area contributed by atoms with Crippen molar-refractivity contribution < 1.29 is 57.7 Å². The number of hydrogen-bond donors (Lipinski definition) is 0. The normalized spacial score (nSPS) is 10.2. The van der Waals surface area contributed by atoms with Crippen molar-refractivity contribution in [2.45, 2.75) is 19.8 Å². The molecule has 12 nitrogen and oxygen atoms in total. The van der Waals surface area contributed by atoms with Gasteiger partial charge in [0.05, 0.1) is 37.6 Å². The van der Waals surface area contributed by atoms with Crippen LogP contribution in [0.2, 0.25) is 0 Å². The fourth-order valence-corrected chi connectivity index (χ4v) is 3.31. The number of ether oxygens (including phenoxy) is 4. The average Bonchev–Trinajstić information content (AvgIpc) is 3.05. The molecule has 236 valence electrons. The third kappa shape index (κ3) is 12.0. The fraction of sp³-hybridized carbons (Fsp3) is 0.212. The van der Waals surface area contributed by atoms with Crippen LogP contribution >= 0.6 is 0 Å². The Morgan fingerprint density at radius 2 is 1.04 bits per heavy atom. The molecule has 0 radical (unpaired) electrons. The second kappa shape index (κ2) is 18.3. The number of carbonyl (C=O) groups is 4. The minimum atomic E-state index is -0.687. The smallest absolute Gasteiger partial charge is 0.343 e. The maximum absolute atomic E-state index is 12.8. The molecule has 0 fully saturated rings. The van der Waals surface area contributed by atoms with Gasteiger partial charge in [-0.15, -0.1) is 0 Å². The van der Waals surface area contributed by atoms with Crippen molar-refractivity contribution in [1.29, 1.82) is 0 Å². The number of carbonyl (C=O) groups excluding carboxylic acids is 4. The number of rotatable bonds is 18. The zero-order chi connectivity index (χ0) is 32.4. The van der Waals surface area contributed by atoms with E-state index in [2.05, 4.69) is 13.2 Å². The average molecular weight is 621 g/mol. The van der Waals surface area contributed by atoms with Crippen molar-refractivity contribution >= 4 is 23.9 Å². The zero-order valence-corrected chi connectivity index (χ0v) is 24.6. The standard InChI is InChI=1S/C33H32O12/c1-4-30(34)38-18-6-20-40-44-26-13-9-24(10-14-26)32(36)42-28-17-8-23(3)22-29(28)43-33(37)25-11-15-27(16-12-25)45-41-21-7-19-39-31(35)5-2/h4-5,8-17,22H,1-2,6-7,18-21H2,3H3. The second-order valence-electron chi connectivity index (χ2n) is 9.04. The third-order valence-corrected chi connectivity index (χ3v) is 5.56. The van der Waals surface area contributed by atoms with E-state index in [1.54, 1.807) is 19.1 Å². The van der Waals surface area contributed by atoms with Crippen LogP contribution in [0.4, 0.5) is 0 Å². The number of hydrogen-bond acceptors (Lipinski definition) is 12. The highest BCUT2D eigenvalue weighted by atomic mass is 17.2. The first-order valence-electron chi connectivity index (χ1n) is 13.7. The van der Waals surface area contributed by atoms with Gasteiger partial charge in [-0.2, -0.15) is 9.78 Å². The molecule has 3 aromatic rings. The van der Waals surface area contributed by atoms with Gasteiger partial charge < -0.3 is 28.7 Å². The molecule has 12 heteroatoms. The van der Waals surface area contributed by atoms with E-state index in [0.717, 1.165) is 17.7 Å². The van der Waals surface area contributed by atoms with Crippen molar-refractivity contribution in [2.75, 3.05) is 26.4 Å². The van der Waals surface area contributed by atoms with Gasteiger partial charge in [0.25, 0.3) is 0 Å². The molecule has 0 aliphatic carbocycles. The lowest BCUT2D eigenvalue weighted by atomic mass is 10.2. The van der Waals surface area contributed by atoms with E-state index in [4.69, 9.17) is 38.5 Å². The van der Waals surface area contributed by atoms with Gasteiger partial charge in [0.1, 0.15) is 0 Å². The van der Waals surface area contributed by atoms with Crippen molar-refractivity contribution in [3.05, 3.63) is 109 Å². The topological polar surface area (TPSA) is 142 Å². The van der Waals surface area contributed by atoms with Gasteiger partial charge in [0, 0.05) is 25.0 Å². The molecular formula is C33H32O12. The van der Waals surface area contributed by atoms with Crippen LogP contribution in [0.3, 0.4) is 0 Å². The van der Waals surface area contributed by atoms with E-state index in [-0.39, 0.29) is 49.1 Å². The molecule has 0 amide bonds. The Labute approximate surface area is 259 Å². The van der Waals surface area contributed by atoms with Gasteiger partial charge in [0.15, 0.2) is 23.0 Å². The summed E-state index contributed by atoms with van der Waals surface area (Å²) in [5.74, 6) is -1.62. The summed E-state index contributed by atoms with van der Waals surface area (Å²) in [5, 5.41) is 0. The predicted molar refractivity (Wildman–Crippen MR) is 159 cm³/mol. The molecular weight excluding hydrogens is 588 g/mol. The van der Waals surface area contributed by atoms with E-state index in [0.29, 0.717) is 24.3 Å². The van der Waals surface area contributed by atoms with E-state index < -0.39 is 23.9 Å². The Bertz CT molecular complexity index is 1460. The largest absolute Gasteiger partial charge is 0.462 e. The Morgan fingerprint density at radius 3 is 1.49 bits per heavy atom. The molecule has 0 spiro atoms. The maximum atomic E-state index is 12.8. The highest BCUT2D eigenvalue weighted by Crippen LogP contribution is 2.30. The summed E-state index contributed by atoms with van der Waals surface area (Å²) in [5.41, 5.74) is 1.21. The van der Waals surface area contributed by atoms with Crippen molar-refractivity contribution in [1.82, 2.24) is 0 Å². The molecule has 0 saturated carbocycles. The second-order valence-corrected chi connectivity index (χ2v) is 9.04. The summed E-state index contributed by atoms with van der Waals surface area (Å²) in [6.07, 6.45) is 2.98. The Kier molecular flexibility index (Phi) is 13.8. The SMILES string of the molecule is C=CC(=O)OCCCOOc1ccc(C(=O)Oc2ccc(C)cc2OC(=O)c2ccc(OOCCCOC(=O)C=C)cc2)cc1. The van der Waals surface area contributed by atoms with Crippen LogP contribution in [0.5, 0.6) is 23.0 Å². The summed E-state index contributed by atoms with van der Waals surface area (Å²) in [4.78, 5) is 68.1. The molecule has 0 atom stereocenters. The van der Waals surface area contributed by atoms with Gasteiger partial charge in [0.2, 0.25) is 0 Å². The Hall–Kier alpha value is -5.46. The number of benzene rings is 3. The van der Waals surface area contributed by atoms with Crippen molar-refractivity contribution in [3.8, 4) is 23.0 Å².